The number of aliphatic carboxylic acids is 1. The van der Waals surface area contributed by atoms with Crippen LogP contribution in [0.3, 0.4) is 0 Å². The number of aryl methyl sites for hydroxylation is 1. The molecule has 0 spiro atoms. The van der Waals surface area contributed by atoms with Crippen molar-refractivity contribution in [1.29, 1.82) is 0 Å². The largest absolute Gasteiger partial charge is 0.481 e. The molecule has 0 amide bonds. The minimum atomic E-state index is -0.754. The predicted molar refractivity (Wildman–Crippen MR) is 60.1 cm³/mol. The lowest BCUT2D eigenvalue weighted by Gasteiger charge is -2.12. The predicted octanol–water partition coefficient (Wildman–Crippen LogP) is 2.09. The second-order valence-electron chi connectivity index (χ2n) is 4.54. The molecule has 0 aliphatic heterocycles. The molecule has 0 radical (unpaired) electrons. The van der Waals surface area contributed by atoms with Crippen molar-refractivity contribution in [3.8, 4) is 0 Å². The highest BCUT2D eigenvalue weighted by Gasteiger charge is 2.16. The number of hydrogen-bond acceptors (Lipinski definition) is 2. The monoisotopic (exact) mass is 222 g/mol. The van der Waals surface area contributed by atoms with E-state index in [2.05, 4.69) is 9.55 Å². The number of carboxylic acids is 1. The molecule has 16 heavy (non-hydrogen) atoms. The van der Waals surface area contributed by atoms with Crippen molar-refractivity contribution in [2.45, 2.75) is 45.1 Å². The van der Waals surface area contributed by atoms with Gasteiger partial charge in [0.05, 0.1) is 6.42 Å². The second-order valence-corrected chi connectivity index (χ2v) is 4.54. The van der Waals surface area contributed by atoms with Crippen molar-refractivity contribution in [2.24, 2.45) is 5.92 Å². The van der Waals surface area contributed by atoms with Gasteiger partial charge in [-0.15, -0.1) is 0 Å². The van der Waals surface area contributed by atoms with Crippen LogP contribution in [0.25, 0.3) is 0 Å². The molecule has 2 rings (SSSR count). The number of aromatic nitrogens is 2. The third kappa shape index (κ3) is 2.84. The van der Waals surface area contributed by atoms with Crippen molar-refractivity contribution in [3.63, 3.8) is 0 Å². The van der Waals surface area contributed by atoms with Crippen LogP contribution < -0.4 is 0 Å². The number of carboxylic acid groups (broad SMARTS) is 1. The molecule has 4 heteroatoms. The van der Waals surface area contributed by atoms with Crippen LogP contribution in [-0.4, -0.2) is 20.6 Å². The molecule has 88 valence electrons. The topological polar surface area (TPSA) is 55.1 Å². The summed E-state index contributed by atoms with van der Waals surface area (Å²) >= 11 is 0. The Morgan fingerprint density at radius 1 is 1.50 bits per heavy atom. The van der Waals surface area contributed by atoms with E-state index in [0.29, 0.717) is 6.42 Å². The first-order valence-electron chi connectivity index (χ1n) is 5.97. The summed E-state index contributed by atoms with van der Waals surface area (Å²) in [6.07, 6.45) is 9.72. The molecule has 1 aromatic heterocycles. The number of carbonyl (C=O) groups is 1. The summed E-state index contributed by atoms with van der Waals surface area (Å²) < 4.78 is 2.12. The highest BCUT2D eigenvalue weighted by Crippen LogP contribution is 2.26. The molecular formula is C12H18N2O2. The quantitative estimate of drug-likeness (QED) is 0.830. The highest BCUT2D eigenvalue weighted by molar-refractivity contribution is 5.66. The lowest BCUT2D eigenvalue weighted by atomic mass is 10.1. The zero-order valence-electron chi connectivity index (χ0n) is 9.43. The van der Waals surface area contributed by atoms with Crippen LogP contribution in [0.15, 0.2) is 12.4 Å². The molecule has 1 aromatic rings. The van der Waals surface area contributed by atoms with Crippen LogP contribution in [0.4, 0.5) is 0 Å². The van der Waals surface area contributed by atoms with E-state index in [4.69, 9.17) is 5.11 Å². The molecule has 1 aliphatic rings. The van der Waals surface area contributed by atoms with Gasteiger partial charge in [0.15, 0.2) is 0 Å². The molecule has 0 atom stereocenters. The van der Waals surface area contributed by atoms with Gasteiger partial charge in [0.1, 0.15) is 5.82 Å². The van der Waals surface area contributed by atoms with Crippen LogP contribution in [-0.2, 0) is 17.8 Å². The molecule has 0 bridgehead atoms. The van der Waals surface area contributed by atoms with Gasteiger partial charge in [-0.3, -0.25) is 4.79 Å². The minimum Gasteiger partial charge on any atom is -0.481 e. The average molecular weight is 222 g/mol. The molecule has 4 nitrogen and oxygen atoms in total. The summed E-state index contributed by atoms with van der Waals surface area (Å²) in [7, 11) is 0. The normalized spacial score (nSPS) is 16.8. The van der Waals surface area contributed by atoms with E-state index >= 15 is 0 Å². The Morgan fingerprint density at radius 2 is 2.25 bits per heavy atom. The molecule has 1 fully saturated rings. The SMILES string of the molecule is O=C(O)CCc1nccn1CC1CCCC1. The highest BCUT2D eigenvalue weighted by atomic mass is 16.4. The van der Waals surface area contributed by atoms with Crippen LogP contribution in [0.2, 0.25) is 0 Å². The lowest BCUT2D eigenvalue weighted by Crippen LogP contribution is -2.11. The van der Waals surface area contributed by atoms with Crippen LogP contribution in [0.1, 0.15) is 37.9 Å². The van der Waals surface area contributed by atoms with Crippen molar-refractivity contribution < 1.29 is 9.90 Å². The summed E-state index contributed by atoms with van der Waals surface area (Å²) in [4.78, 5) is 14.7. The summed E-state index contributed by atoms with van der Waals surface area (Å²) in [5, 5.41) is 8.65. The van der Waals surface area contributed by atoms with Crippen molar-refractivity contribution >= 4 is 5.97 Å². The fraction of sp³-hybridized carbons (Fsp3) is 0.667. The Morgan fingerprint density at radius 3 is 2.94 bits per heavy atom. The minimum absolute atomic E-state index is 0.168. The van der Waals surface area contributed by atoms with Gasteiger partial charge in [0, 0.05) is 25.4 Å². The Labute approximate surface area is 95.3 Å². The molecular weight excluding hydrogens is 204 g/mol. The first-order chi connectivity index (χ1) is 7.75. The summed E-state index contributed by atoms with van der Waals surface area (Å²) in [5.41, 5.74) is 0. The zero-order valence-corrected chi connectivity index (χ0v) is 9.43. The van der Waals surface area contributed by atoms with Crippen molar-refractivity contribution in [2.75, 3.05) is 0 Å². The average Bonchev–Trinajstić information content (AvgIpc) is 2.87. The summed E-state index contributed by atoms with van der Waals surface area (Å²) in [6.45, 7) is 1.01. The third-order valence-electron chi connectivity index (χ3n) is 3.29. The van der Waals surface area contributed by atoms with Gasteiger partial charge in [-0.1, -0.05) is 12.8 Å². The lowest BCUT2D eigenvalue weighted by molar-refractivity contribution is -0.137. The van der Waals surface area contributed by atoms with E-state index in [9.17, 15) is 4.79 Å². The first-order valence-corrected chi connectivity index (χ1v) is 5.97. The van der Waals surface area contributed by atoms with Gasteiger partial charge in [-0.2, -0.15) is 0 Å². The number of rotatable bonds is 5. The van der Waals surface area contributed by atoms with E-state index in [-0.39, 0.29) is 6.42 Å². The third-order valence-corrected chi connectivity index (χ3v) is 3.29. The van der Waals surface area contributed by atoms with Gasteiger partial charge >= 0.3 is 5.97 Å². The molecule has 1 aliphatic carbocycles. The Bertz CT molecular complexity index is 354. The van der Waals surface area contributed by atoms with E-state index in [1.807, 2.05) is 6.20 Å². The maximum atomic E-state index is 10.5. The molecule has 1 heterocycles. The number of hydrogen-bond donors (Lipinski definition) is 1. The van der Waals surface area contributed by atoms with Crippen molar-refractivity contribution in [3.05, 3.63) is 18.2 Å². The van der Waals surface area contributed by atoms with Gasteiger partial charge < -0.3 is 9.67 Å². The summed E-state index contributed by atoms with van der Waals surface area (Å²) in [6, 6.07) is 0. The zero-order chi connectivity index (χ0) is 11.4. The molecule has 0 saturated heterocycles. The van der Waals surface area contributed by atoms with Crippen LogP contribution in [0, 0.1) is 5.92 Å². The van der Waals surface area contributed by atoms with E-state index in [1.54, 1.807) is 6.20 Å². The fourth-order valence-corrected chi connectivity index (χ4v) is 2.42. The Hall–Kier alpha value is -1.32. The maximum Gasteiger partial charge on any atom is 0.303 e. The van der Waals surface area contributed by atoms with Gasteiger partial charge in [-0.05, 0) is 18.8 Å². The second kappa shape index (κ2) is 5.14. The van der Waals surface area contributed by atoms with Gasteiger partial charge in [-0.25, -0.2) is 4.98 Å². The summed E-state index contributed by atoms with van der Waals surface area (Å²) in [5.74, 6) is 0.919. The van der Waals surface area contributed by atoms with Crippen LogP contribution in [0.5, 0.6) is 0 Å². The van der Waals surface area contributed by atoms with Gasteiger partial charge in [0.25, 0.3) is 0 Å². The molecule has 0 unspecified atom stereocenters. The number of imidazole rings is 1. The van der Waals surface area contributed by atoms with E-state index < -0.39 is 5.97 Å². The fourth-order valence-electron chi connectivity index (χ4n) is 2.42. The Kier molecular flexibility index (Phi) is 3.59. The smallest absolute Gasteiger partial charge is 0.303 e. The van der Waals surface area contributed by atoms with E-state index in [1.165, 1.54) is 25.7 Å². The first kappa shape index (κ1) is 11.2. The standard InChI is InChI=1S/C12H18N2O2/c15-12(16)6-5-11-13-7-8-14(11)9-10-3-1-2-4-10/h7-8,10H,1-6,9H2,(H,15,16). The number of nitrogens with zero attached hydrogens (tertiary/aromatic N) is 2. The molecule has 1 saturated carbocycles. The molecule has 1 N–H and O–H groups in total. The van der Waals surface area contributed by atoms with Crippen LogP contribution >= 0.6 is 0 Å². The maximum absolute atomic E-state index is 10.5. The van der Waals surface area contributed by atoms with Crippen molar-refractivity contribution in [1.82, 2.24) is 9.55 Å². The molecule has 0 aromatic carbocycles. The van der Waals surface area contributed by atoms with E-state index in [0.717, 1.165) is 18.3 Å². The van der Waals surface area contributed by atoms with Gasteiger partial charge in [0.2, 0.25) is 0 Å². The Balaban J connectivity index is 1.92.